The maximum atomic E-state index is 11.7. The number of hydrogen-bond acceptors (Lipinski definition) is 3. The maximum Gasteiger partial charge on any atom is 0.250 e. The minimum absolute atomic E-state index is 0.222. The van der Waals surface area contributed by atoms with Gasteiger partial charge in [-0.05, 0) is 41.7 Å². The summed E-state index contributed by atoms with van der Waals surface area (Å²) >= 11 is 6.67. The lowest BCUT2D eigenvalue weighted by Gasteiger charge is -2.07. The molecule has 108 valence electrons. The molecule has 2 rings (SSSR count). The van der Waals surface area contributed by atoms with Crippen LogP contribution in [-0.4, -0.2) is 17.6 Å². The zero-order valence-corrected chi connectivity index (χ0v) is 13.0. The number of nitrogens with one attached hydrogen (secondary N) is 2. The van der Waals surface area contributed by atoms with Crippen molar-refractivity contribution in [1.29, 1.82) is 0 Å². The Morgan fingerprint density at radius 2 is 2.00 bits per heavy atom. The molecule has 0 unspecified atom stereocenters. The Bertz CT molecular complexity index is 606. The molecule has 1 heterocycles. The molecule has 0 aliphatic carbocycles. The zero-order chi connectivity index (χ0) is 14.9. The lowest BCUT2D eigenvalue weighted by Crippen LogP contribution is -2.39. The Balaban J connectivity index is 1.68. The van der Waals surface area contributed by atoms with Crippen molar-refractivity contribution in [3.63, 3.8) is 0 Å². The van der Waals surface area contributed by atoms with Crippen molar-refractivity contribution >= 4 is 40.7 Å². The summed E-state index contributed by atoms with van der Waals surface area (Å²) in [6, 6.07) is 14.0. The second-order valence-electron chi connectivity index (χ2n) is 4.33. The monoisotopic (exact) mass is 316 g/mol. The molecule has 1 amide bonds. The Hall–Kier alpha value is -1.98. The minimum atomic E-state index is -0.222. The van der Waals surface area contributed by atoms with E-state index in [9.17, 15) is 4.79 Å². The minimum Gasteiger partial charge on any atom is -0.362 e. The van der Waals surface area contributed by atoms with Gasteiger partial charge in [0.2, 0.25) is 5.91 Å². The van der Waals surface area contributed by atoms with E-state index in [2.05, 4.69) is 22.8 Å². The first-order valence-corrected chi connectivity index (χ1v) is 7.87. The van der Waals surface area contributed by atoms with E-state index in [4.69, 9.17) is 12.2 Å². The van der Waals surface area contributed by atoms with Crippen LogP contribution >= 0.6 is 23.6 Å². The molecule has 0 atom stereocenters. The second-order valence-corrected chi connectivity index (χ2v) is 5.72. The lowest BCUT2D eigenvalue weighted by molar-refractivity contribution is -0.115. The fourth-order valence-corrected chi connectivity index (χ4v) is 2.53. The van der Waals surface area contributed by atoms with Crippen molar-refractivity contribution in [3.05, 3.63) is 64.4 Å². The molecule has 21 heavy (non-hydrogen) atoms. The van der Waals surface area contributed by atoms with Crippen molar-refractivity contribution in [2.75, 3.05) is 6.54 Å². The number of hydrogen-bond donors (Lipinski definition) is 2. The van der Waals surface area contributed by atoms with E-state index in [0.717, 1.165) is 11.3 Å². The molecule has 0 aliphatic heterocycles. The average Bonchev–Trinajstić information content (AvgIpc) is 2.99. The molecule has 0 saturated heterocycles. The summed E-state index contributed by atoms with van der Waals surface area (Å²) in [6.07, 6.45) is 4.12. The number of rotatable bonds is 5. The van der Waals surface area contributed by atoms with Gasteiger partial charge in [0.25, 0.3) is 0 Å². The van der Waals surface area contributed by atoms with Crippen LogP contribution in [0, 0.1) is 0 Å². The van der Waals surface area contributed by atoms with E-state index in [1.807, 2.05) is 35.7 Å². The fraction of sp³-hybridized carbons (Fsp3) is 0.125. The molecule has 2 aromatic rings. The first-order chi connectivity index (χ1) is 10.2. The highest BCUT2D eigenvalue weighted by molar-refractivity contribution is 7.80. The van der Waals surface area contributed by atoms with Gasteiger partial charge in [-0.1, -0.05) is 36.4 Å². The van der Waals surface area contributed by atoms with Gasteiger partial charge in [0.05, 0.1) is 0 Å². The molecular formula is C16H16N2OS2. The van der Waals surface area contributed by atoms with Crippen LogP contribution < -0.4 is 10.6 Å². The van der Waals surface area contributed by atoms with Crippen molar-refractivity contribution in [3.8, 4) is 0 Å². The molecule has 3 nitrogen and oxygen atoms in total. The molecular weight excluding hydrogens is 300 g/mol. The van der Waals surface area contributed by atoms with Gasteiger partial charge in [0, 0.05) is 17.5 Å². The molecule has 0 spiro atoms. The molecule has 0 aliphatic rings. The van der Waals surface area contributed by atoms with Crippen LogP contribution in [0.1, 0.15) is 10.4 Å². The van der Waals surface area contributed by atoms with Crippen molar-refractivity contribution in [2.45, 2.75) is 6.42 Å². The average molecular weight is 316 g/mol. The second kappa shape index (κ2) is 8.34. The van der Waals surface area contributed by atoms with Gasteiger partial charge in [0.15, 0.2) is 5.11 Å². The third-order valence-corrected chi connectivity index (χ3v) is 3.80. The summed E-state index contributed by atoms with van der Waals surface area (Å²) in [7, 11) is 0. The largest absolute Gasteiger partial charge is 0.362 e. The van der Waals surface area contributed by atoms with Crippen LogP contribution in [0.4, 0.5) is 0 Å². The van der Waals surface area contributed by atoms with E-state index in [1.54, 1.807) is 17.4 Å². The van der Waals surface area contributed by atoms with Crippen LogP contribution in [0.2, 0.25) is 0 Å². The normalized spacial score (nSPS) is 10.5. The first kappa shape index (κ1) is 15.4. The van der Waals surface area contributed by atoms with Gasteiger partial charge >= 0.3 is 0 Å². The van der Waals surface area contributed by atoms with Crippen LogP contribution in [0.15, 0.2) is 53.9 Å². The molecule has 0 saturated carbocycles. The van der Waals surface area contributed by atoms with E-state index in [-0.39, 0.29) is 5.91 Å². The highest BCUT2D eigenvalue weighted by Gasteiger charge is 2.00. The Morgan fingerprint density at radius 1 is 1.19 bits per heavy atom. The molecule has 0 bridgehead atoms. The third kappa shape index (κ3) is 5.89. The highest BCUT2D eigenvalue weighted by atomic mass is 32.1. The van der Waals surface area contributed by atoms with Gasteiger partial charge < -0.3 is 5.32 Å². The number of carbonyl (C=O) groups is 1. The molecule has 0 radical (unpaired) electrons. The third-order valence-electron chi connectivity index (χ3n) is 2.72. The lowest BCUT2D eigenvalue weighted by atomic mass is 10.1. The predicted octanol–water partition coefficient (Wildman–Crippen LogP) is 2.99. The number of benzene rings is 1. The molecule has 0 fully saturated rings. The summed E-state index contributed by atoms with van der Waals surface area (Å²) in [5, 5.41) is 7.97. The maximum absolute atomic E-state index is 11.7. The van der Waals surface area contributed by atoms with Gasteiger partial charge in [-0.2, -0.15) is 0 Å². The quantitative estimate of drug-likeness (QED) is 0.658. The summed E-state index contributed by atoms with van der Waals surface area (Å²) in [5.41, 5.74) is 1.23. The van der Waals surface area contributed by atoms with E-state index >= 15 is 0 Å². The van der Waals surface area contributed by atoms with Gasteiger partial charge in [-0.25, -0.2) is 0 Å². The van der Waals surface area contributed by atoms with Crippen molar-refractivity contribution < 1.29 is 4.79 Å². The van der Waals surface area contributed by atoms with Crippen LogP contribution in [0.3, 0.4) is 0 Å². The Morgan fingerprint density at radius 3 is 2.71 bits per heavy atom. The molecule has 1 aromatic heterocycles. The van der Waals surface area contributed by atoms with Crippen molar-refractivity contribution in [2.24, 2.45) is 0 Å². The van der Waals surface area contributed by atoms with Gasteiger partial charge in [-0.3, -0.25) is 10.1 Å². The van der Waals surface area contributed by atoms with E-state index < -0.39 is 0 Å². The molecule has 5 heteroatoms. The van der Waals surface area contributed by atoms with Gasteiger partial charge in [-0.15, -0.1) is 11.3 Å². The van der Waals surface area contributed by atoms with Gasteiger partial charge in [0.1, 0.15) is 0 Å². The van der Waals surface area contributed by atoms with Crippen molar-refractivity contribution in [1.82, 2.24) is 10.6 Å². The highest BCUT2D eigenvalue weighted by Crippen LogP contribution is 2.09. The summed E-state index contributed by atoms with van der Waals surface area (Å²) in [6.45, 7) is 0.692. The molecule has 1 aromatic carbocycles. The predicted molar refractivity (Wildman–Crippen MR) is 92.2 cm³/mol. The van der Waals surface area contributed by atoms with Crippen LogP contribution in [0.25, 0.3) is 6.08 Å². The Kier molecular flexibility index (Phi) is 6.12. The number of carbonyl (C=O) groups excluding carboxylic acids is 1. The number of thiophene rings is 1. The fourth-order valence-electron chi connectivity index (χ4n) is 1.71. The zero-order valence-electron chi connectivity index (χ0n) is 11.4. The summed E-state index contributed by atoms with van der Waals surface area (Å²) in [4.78, 5) is 12.7. The summed E-state index contributed by atoms with van der Waals surface area (Å²) in [5.74, 6) is -0.222. The summed E-state index contributed by atoms with van der Waals surface area (Å²) < 4.78 is 0. The first-order valence-electron chi connectivity index (χ1n) is 6.58. The van der Waals surface area contributed by atoms with Crippen LogP contribution in [0.5, 0.6) is 0 Å². The number of amides is 1. The van der Waals surface area contributed by atoms with E-state index in [0.29, 0.717) is 11.7 Å². The standard InChI is InChI=1S/C16H16N2OS2/c19-15(9-8-14-7-4-12-21-14)18-16(20)17-11-10-13-5-2-1-3-6-13/h1-9,12H,10-11H2,(H2,17,18,19,20). The van der Waals surface area contributed by atoms with E-state index in [1.165, 1.54) is 11.6 Å². The van der Waals surface area contributed by atoms with Crippen LogP contribution in [-0.2, 0) is 11.2 Å². The molecule has 2 N–H and O–H groups in total. The number of thiocarbonyl (C=S) groups is 1. The SMILES string of the molecule is O=C(C=Cc1cccs1)NC(=S)NCCc1ccccc1. The smallest absolute Gasteiger partial charge is 0.250 e. The Labute approximate surface area is 133 Å². The topological polar surface area (TPSA) is 41.1 Å².